The number of hydrogen-bond donors (Lipinski definition) is 1. The van der Waals surface area contributed by atoms with Gasteiger partial charge in [-0.15, -0.1) is 0 Å². The molecular weight excluding hydrogens is 268 g/mol. The maximum atomic E-state index is 14.0. The molecule has 0 bridgehead atoms. The first-order chi connectivity index (χ1) is 9.04. The Balaban J connectivity index is 2.62. The van der Waals surface area contributed by atoms with Crippen molar-refractivity contribution in [1.29, 1.82) is 0 Å². The molecule has 2 aromatic carbocycles. The molecule has 2 aromatic rings. The molecule has 0 saturated heterocycles. The smallest absolute Gasteiger partial charge is 0.166 e. The van der Waals surface area contributed by atoms with Crippen molar-refractivity contribution in [2.75, 3.05) is 7.05 Å². The molecule has 100 valence electrons. The van der Waals surface area contributed by atoms with Crippen molar-refractivity contribution in [2.24, 2.45) is 0 Å². The molecule has 0 amide bonds. The van der Waals surface area contributed by atoms with Gasteiger partial charge in [0.05, 0.1) is 0 Å². The fourth-order valence-corrected chi connectivity index (χ4v) is 2.21. The third-order valence-electron chi connectivity index (χ3n) is 3.00. The summed E-state index contributed by atoms with van der Waals surface area (Å²) >= 11 is 5.94. The second-order valence-electron chi connectivity index (χ2n) is 4.39. The van der Waals surface area contributed by atoms with Crippen molar-refractivity contribution in [3.05, 3.63) is 58.1 Å². The third-order valence-corrected chi connectivity index (χ3v) is 3.24. The van der Waals surface area contributed by atoms with E-state index in [0.717, 1.165) is 5.56 Å². The largest absolute Gasteiger partial charge is 0.316 e. The highest BCUT2D eigenvalue weighted by Gasteiger charge is 2.15. The van der Waals surface area contributed by atoms with Crippen molar-refractivity contribution in [3.63, 3.8) is 0 Å². The van der Waals surface area contributed by atoms with Crippen LogP contribution in [0.1, 0.15) is 11.1 Å². The maximum absolute atomic E-state index is 14.0. The molecule has 0 unspecified atom stereocenters. The minimum atomic E-state index is -0.820. The van der Waals surface area contributed by atoms with Crippen LogP contribution in [0.3, 0.4) is 0 Å². The molecule has 0 radical (unpaired) electrons. The average molecular weight is 282 g/mol. The molecule has 2 rings (SSSR count). The Morgan fingerprint density at radius 1 is 1.05 bits per heavy atom. The maximum Gasteiger partial charge on any atom is 0.166 e. The van der Waals surface area contributed by atoms with Gasteiger partial charge in [-0.3, -0.25) is 0 Å². The standard InChI is InChI=1S/C15H14ClF2N/c1-9-3-5-13(15(18)14(9)17)12-6-4-11(16)7-10(12)8-19-2/h3-7,19H,8H2,1-2H3. The molecule has 0 saturated carbocycles. The summed E-state index contributed by atoms with van der Waals surface area (Å²) in [5, 5.41) is 3.56. The molecule has 1 N–H and O–H groups in total. The van der Waals surface area contributed by atoms with Crippen molar-refractivity contribution in [3.8, 4) is 11.1 Å². The summed E-state index contributed by atoms with van der Waals surface area (Å²) in [6.45, 7) is 2.07. The van der Waals surface area contributed by atoms with E-state index in [1.165, 1.54) is 0 Å². The van der Waals surface area contributed by atoms with Gasteiger partial charge in [0.1, 0.15) is 0 Å². The zero-order valence-electron chi connectivity index (χ0n) is 10.7. The van der Waals surface area contributed by atoms with Gasteiger partial charge in [-0.2, -0.15) is 0 Å². The summed E-state index contributed by atoms with van der Waals surface area (Å²) in [4.78, 5) is 0. The van der Waals surface area contributed by atoms with Crippen molar-refractivity contribution in [2.45, 2.75) is 13.5 Å². The van der Waals surface area contributed by atoms with Crippen LogP contribution in [0.2, 0.25) is 5.02 Å². The summed E-state index contributed by atoms with van der Waals surface area (Å²) < 4.78 is 27.7. The fraction of sp³-hybridized carbons (Fsp3) is 0.200. The van der Waals surface area contributed by atoms with Crippen LogP contribution in [0.4, 0.5) is 8.78 Å². The van der Waals surface area contributed by atoms with Gasteiger partial charge in [0.25, 0.3) is 0 Å². The lowest BCUT2D eigenvalue weighted by Gasteiger charge is -2.12. The van der Waals surface area contributed by atoms with Gasteiger partial charge in [0, 0.05) is 17.1 Å². The average Bonchev–Trinajstić information content (AvgIpc) is 2.38. The van der Waals surface area contributed by atoms with Gasteiger partial charge in [-0.1, -0.05) is 29.8 Å². The molecule has 0 atom stereocenters. The molecule has 4 heteroatoms. The minimum absolute atomic E-state index is 0.255. The van der Waals surface area contributed by atoms with E-state index in [0.29, 0.717) is 22.7 Å². The molecule has 0 spiro atoms. The first-order valence-electron chi connectivity index (χ1n) is 5.92. The summed E-state index contributed by atoms with van der Waals surface area (Å²) in [5.41, 5.74) is 2.03. The zero-order chi connectivity index (χ0) is 14.0. The first-order valence-corrected chi connectivity index (χ1v) is 6.30. The molecule has 0 heterocycles. The van der Waals surface area contributed by atoms with Crippen LogP contribution in [-0.2, 0) is 6.54 Å². The van der Waals surface area contributed by atoms with E-state index in [1.54, 1.807) is 44.3 Å². The van der Waals surface area contributed by atoms with Gasteiger partial charge in [-0.05, 0) is 42.8 Å². The molecule has 0 fully saturated rings. The third kappa shape index (κ3) is 2.77. The molecule has 0 aliphatic carbocycles. The van der Waals surface area contributed by atoms with E-state index in [4.69, 9.17) is 11.6 Å². The highest BCUT2D eigenvalue weighted by Crippen LogP contribution is 2.30. The van der Waals surface area contributed by atoms with Gasteiger partial charge >= 0.3 is 0 Å². The Kier molecular flexibility index (Phi) is 4.17. The van der Waals surface area contributed by atoms with E-state index >= 15 is 0 Å². The van der Waals surface area contributed by atoms with Crippen molar-refractivity contribution < 1.29 is 8.78 Å². The van der Waals surface area contributed by atoms with Crippen LogP contribution in [0.5, 0.6) is 0 Å². The Hall–Kier alpha value is -1.45. The Morgan fingerprint density at radius 3 is 2.42 bits per heavy atom. The summed E-state index contributed by atoms with van der Waals surface area (Å²) in [5.74, 6) is -1.62. The van der Waals surface area contributed by atoms with Gasteiger partial charge < -0.3 is 5.32 Å². The number of hydrogen-bond acceptors (Lipinski definition) is 1. The molecular formula is C15H14ClF2N. The minimum Gasteiger partial charge on any atom is -0.316 e. The SMILES string of the molecule is CNCc1cc(Cl)ccc1-c1ccc(C)c(F)c1F. The fourth-order valence-electron chi connectivity index (χ4n) is 2.02. The molecule has 0 aliphatic rings. The Morgan fingerprint density at radius 2 is 1.74 bits per heavy atom. The molecule has 19 heavy (non-hydrogen) atoms. The topological polar surface area (TPSA) is 12.0 Å². The van der Waals surface area contributed by atoms with Gasteiger partial charge in [0.15, 0.2) is 11.6 Å². The van der Waals surface area contributed by atoms with Crippen LogP contribution in [0.25, 0.3) is 11.1 Å². The van der Waals surface area contributed by atoms with Crippen LogP contribution >= 0.6 is 11.6 Å². The summed E-state index contributed by atoms with van der Waals surface area (Å²) in [7, 11) is 1.79. The first kappa shape index (κ1) is 14.0. The normalized spacial score (nSPS) is 10.8. The lowest BCUT2D eigenvalue weighted by atomic mass is 9.98. The van der Waals surface area contributed by atoms with Crippen molar-refractivity contribution >= 4 is 11.6 Å². The predicted octanol–water partition coefficient (Wildman–Crippen LogP) is 4.31. The van der Waals surface area contributed by atoms with E-state index < -0.39 is 11.6 Å². The highest BCUT2D eigenvalue weighted by atomic mass is 35.5. The van der Waals surface area contributed by atoms with Crippen LogP contribution in [-0.4, -0.2) is 7.05 Å². The summed E-state index contributed by atoms with van der Waals surface area (Å²) in [6.07, 6.45) is 0. The van der Waals surface area contributed by atoms with E-state index in [2.05, 4.69) is 5.32 Å². The van der Waals surface area contributed by atoms with Crippen LogP contribution in [0.15, 0.2) is 30.3 Å². The van der Waals surface area contributed by atoms with E-state index in [-0.39, 0.29) is 5.56 Å². The van der Waals surface area contributed by atoms with Gasteiger partial charge in [-0.25, -0.2) is 8.78 Å². The lowest BCUT2D eigenvalue weighted by molar-refractivity contribution is 0.505. The quantitative estimate of drug-likeness (QED) is 0.884. The monoisotopic (exact) mass is 281 g/mol. The number of halogens is 3. The Bertz CT molecular complexity index is 611. The molecule has 1 nitrogen and oxygen atoms in total. The Labute approximate surface area is 116 Å². The van der Waals surface area contributed by atoms with Crippen LogP contribution < -0.4 is 5.32 Å². The number of nitrogens with one attached hydrogen (secondary N) is 1. The van der Waals surface area contributed by atoms with Crippen molar-refractivity contribution in [1.82, 2.24) is 5.32 Å². The lowest BCUT2D eigenvalue weighted by Crippen LogP contribution is -2.07. The predicted molar refractivity (Wildman–Crippen MR) is 74.3 cm³/mol. The second kappa shape index (κ2) is 5.68. The highest BCUT2D eigenvalue weighted by molar-refractivity contribution is 6.30. The second-order valence-corrected chi connectivity index (χ2v) is 4.83. The molecule has 0 aromatic heterocycles. The zero-order valence-corrected chi connectivity index (χ0v) is 11.5. The number of rotatable bonds is 3. The number of benzene rings is 2. The molecule has 0 aliphatic heterocycles. The van der Waals surface area contributed by atoms with Gasteiger partial charge in [0.2, 0.25) is 0 Å². The van der Waals surface area contributed by atoms with E-state index in [1.807, 2.05) is 0 Å². The number of aryl methyl sites for hydroxylation is 1. The van der Waals surface area contributed by atoms with E-state index in [9.17, 15) is 8.78 Å². The summed E-state index contributed by atoms with van der Waals surface area (Å²) in [6, 6.07) is 8.31. The van der Waals surface area contributed by atoms with Crippen LogP contribution in [0, 0.1) is 18.6 Å².